The minimum Gasteiger partial charge on any atom is -0.493 e. The van der Waals surface area contributed by atoms with Gasteiger partial charge < -0.3 is 19.5 Å². The van der Waals surface area contributed by atoms with E-state index in [-0.39, 0.29) is 29.4 Å². The second-order valence-electron chi connectivity index (χ2n) is 5.63. The van der Waals surface area contributed by atoms with Crippen LogP contribution in [0, 0.1) is 0 Å². The van der Waals surface area contributed by atoms with Gasteiger partial charge in [0.15, 0.2) is 18.1 Å². The van der Waals surface area contributed by atoms with Gasteiger partial charge in [-0.2, -0.15) is 8.78 Å². The van der Waals surface area contributed by atoms with Crippen LogP contribution in [0.2, 0.25) is 0 Å². The fraction of sp³-hybridized carbons (Fsp3) is 0.412. The van der Waals surface area contributed by atoms with Crippen molar-refractivity contribution in [2.75, 3.05) is 26.8 Å². The number of imide groups is 1. The molecule has 0 bridgehead atoms. The molecule has 0 aromatic heterocycles. The number of alkyl halides is 2. The topological polar surface area (TPSA) is 111 Å². The highest BCUT2D eigenvalue weighted by molar-refractivity contribution is 5.98. The van der Waals surface area contributed by atoms with Crippen LogP contribution < -0.4 is 14.8 Å². The zero-order valence-corrected chi connectivity index (χ0v) is 14.9. The molecular formula is C17H18F2N2O7. The average molecular weight is 400 g/mol. The lowest BCUT2D eigenvalue weighted by Gasteiger charge is -2.13. The van der Waals surface area contributed by atoms with E-state index in [1.807, 2.05) is 0 Å². The van der Waals surface area contributed by atoms with Gasteiger partial charge in [0, 0.05) is 18.5 Å². The van der Waals surface area contributed by atoms with Gasteiger partial charge in [-0.3, -0.25) is 24.1 Å². The summed E-state index contributed by atoms with van der Waals surface area (Å²) < 4.78 is 38.5. The maximum absolute atomic E-state index is 12.3. The van der Waals surface area contributed by atoms with Crippen molar-refractivity contribution in [2.24, 2.45) is 0 Å². The van der Waals surface area contributed by atoms with Crippen molar-refractivity contribution in [2.45, 2.75) is 19.5 Å². The van der Waals surface area contributed by atoms with Gasteiger partial charge in [-0.15, -0.1) is 0 Å². The number of ether oxygens (including phenoxy) is 3. The molecule has 28 heavy (non-hydrogen) atoms. The molecule has 3 amide bonds. The number of hydrogen-bond acceptors (Lipinski definition) is 7. The first-order valence-corrected chi connectivity index (χ1v) is 8.21. The molecule has 0 atom stereocenters. The molecule has 1 N–H and O–H groups in total. The van der Waals surface area contributed by atoms with Crippen LogP contribution in [0.15, 0.2) is 18.2 Å². The lowest BCUT2D eigenvalue weighted by Crippen LogP contribution is -2.37. The molecule has 1 fully saturated rings. The van der Waals surface area contributed by atoms with Crippen LogP contribution in [0.3, 0.4) is 0 Å². The second-order valence-corrected chi connectivity index (χ2v) is 5.63. The normalized spacial score (nSPS) is 13.4. The Kier molecular flexibility index (Phi) is 7.24. The predicted molar refractivity (Wildman–Crippen MR) is 88.9 cm³/mol. The SMILES string of the molecule is COc1cc(C(=O)NCC(=O)OCC(=O)N2CCCC2=O)ccc1OC(F)F. The molecule has 0 saturated carbocycles. The molecule has 0 radical (unpaired) electrons. The number of nitrogens with one attached hydrogen (secondary N) is 1. The van der Waals surface area contributed by atoms with Crippen molar-refractivity contribution in [3.05, 3.63) is 23.8 Å². The Hall–Kier alpha value is -3.24. The van der Waals surface area contributed by atoms with Gasteiger partial charge in [0.25, 0.3) is 11.8 Å². The van der Waals surface area contributed by atoms with Crippen LogP contribution in [-0.4, -0.2) is 62.0 Å². The van der Waals surface area contributed by atoms with Crippen molar-refractivity contribution in [3.63, 3.8) is 0 Å². The summed E-state index contributed by atoms with van der Waals surface area (Å²) in [6.45, 7) is -3.90. The molecule has 152 valence electrons. The maximum Gasteiger partial charge on any atom is 0.387 e. The first kappa shape index (κ1) is 21.1. The standard InChI is InChI=1S/C17H18F2N2O7/c1-26-12-7-10(4-5-11(12)28-17(18)19)16(25)20-8-15(24)27-9-14(23)21-6-2-3-13(21)22/h4-5,7,17H,2-3,6,8-9H2,1H3,(H,20,25). The van der Waals surface area contributed by atoms with Gasteiger partial charge >= 0.3 is 12.6 Å². The third kappa shape index (κ3) is 5.63. The summed E-state index contributed by atoms with van der Waals surface area (Å²) in [7, 11) is 1.22. The van der Waals surface area contributed by atoms with E-state index in [1.54, 1.807) is 0 Å². The molecule has 11 heteroatoms. The Balaban J connectivity index is 1.83. The van der Waals surface area contributed by atoms with Gasteiger partial charge in [0.05, 0.1) is 7.11 Å². The molecule has 1 aromatic carbocycles. The van der Waals surface area contributed by atoms with Crippen molar-refractivity contribution in [3.8, 4) is 11.5 Å². The maximum atomic E-state index is 12.3. The van der Waals surface area contributed by atoms with Crippen LogP contribution >= 0.6 is 0 Å². The number of carbonyl (C=O) groups is 4. The summed E-state index contributed by atoms with van der Waals surface area (Å²) in [6, 6.07) is 3.51. The summed E-state index contributed by atoms with van der Waals surface area (Å²) in [6.07, 6.45) is 0.847. The minimum absolute atomic E-state index is 0.0324. The molecule has 1 heterocycles. The van der Waals surface area contributed by atoms with Crippen molar-refractivity contribution in [1.82, 2.24) is 10.2 Å². The molecule has 0 spiro atoms. The number of carbonyl (C=O) groups excluding carboxylic acids is 4. The first-order valence-electron chi connectivity index (χ1n) is 8.21. The average Bonchev–Trinajstić information content (AvgIpc) is 3.10. The highest BCUT2D eigenvalue weighted by Crippen LogP contribution is 2.29. The molecule has 1 aliphatic rings. The molecule has 2 rings (SSSR count). The third-order valence-corrected chi connectivity index (χ3v) is 3.77. The molecule has 0 aliphatic carbocycles. The summed E-state index contributed by atoms with van der Waals surface area (Å²) in [5.74, 6) is -2.85. The number of nitrogens with zero attached hydrogens (tertiary/aromatic N) is 1. The fourth-order valence-electron chi connectivity index (χ4n) is 2.44. The van der Waals surface area contributed by atoms with E-state index in [1.165, 1.54) is 19.2 Å². The largest absolute Gasteiger partial charge is 0.493 e. The van der Waals surface area contributed by atoms with E-state index in [4.69, 9.17) is 9.47 Å². The van der Waals surface area contributed by atoms with Crippen LogP contribution in [0.5, 0.6) is 11.5 Å². The van der Waals surface area contributed by atoms with E-state index in [2.05, 4.69) is 10.1 Å². The van der Waals surface area contributed by atoms with Crippen LogP contribution in [0.4, 0.5) is 8.78 Å². The molecule has 1 aromatic rings. The number of likely N-dealkylation sites (tertiary alicyclic amines) is 1. The molecule has 0 unspecified atom stereocenters. The van der Waals surface area contributed by atoms with E-state index in [9.17, 15) is 28.0 Å². The van der Waals surface area contributed by atoms with Crippen LogP contribution in [0.25, 0.3) is 0 Å². The van der Waals surface area contributed by atoms with Crippen molar-refractivity contribution in [1.29, 1.82) is 0 Å². The Labute approximate surface area is 158 Å². The summed E-state index contributed by atoms with van der Waals surface area (Å²) >= 11 is 0. The van der Waals surface area contributed by atoms with Crippen molar-refractivity contribution >= 4 is 23.7 Å². The number of benzene rings is 1. The smallest absolute Gasteiger partial charge is 0.387 e. The van der Waals surface area contributed by atoms with E-state index in [0.717, 1.165) is 11.0 Å². The number of rotatable bonds is 8. The van der Waals surface area contributed by atoms with Crippen molar-refractivity contribution < 1.29 is 42.2 Å². The predicted octanol–water partition coefficient (Wildman–Crippen LogP) is 0.719. The van der Waals surface area contributed by atoms with Crippen LogP contribution in [0.1, 0.15) is 23.2 Å². The Morgan fingerprint density at radius 3 is 2.61 bits per heavy atom. The fourth-order valence-corrected chi connectivity index (χ4v) is 2.44. The lowest BCUT2D eigenvalue weighted by molar-refractivity contribution is -0.154. The van der Waals surface area contributed by atoms with E-state index in [0.29, 0.717) is 13.0 Å². The first-order chi connectivity index (χ1) is 13.3. The van der Waals surface area contributed by atoms with Gasteiger partial charge in [-0.05, 0) is 24.6 Å². The van der Waals surface area contributed by atoms with Gasteiger partial charge in [0.1, 0.15) is 6.54 Å². The lowest BCUT2D eigenvalue weighted by atomic mass is 10.2. The third-order valence-electron chi connectivity index (χ3n) is 3.77. The highest BCUT2D eigenvalue weighted by atomic mass is 19.3. The Morgan fingerprint density at radius 2 is 2.00 bits per heavy atom. The highest BCUT2D eigenvalue weighted by Gasteiger charge is 2.27. The van der Waals surface area contributed by atoms with Gasteiger partial charge in [0.2, 0.25) is 5.91 Å². The number of hydrogen-bond donors (Lipinski definition) is 1. The van der Waals surface area contributed by atoms with E-state index >= 15 is 0 Å². The number of amides is 3. The Bertz CT molecular complexity index is 770. The second kappa shape index (κ2) is 9.62. The summed E-state index contributed by atoms with van der Waals surface area (Å²) in [5.41, 5.74) is 0.0324. The minimum atomic E-state index is -3.05. The van der Waals surface area contributed by atoms with Crippen LogP contribution in [-0.2, 0) is 19.1 Å². The molecule has 1 aliphatic heterocycles. The molecule has 1 saturated heterocycles. The Morgan fingerprint density at radius 1 is 1.25 bits per heavy atom. The monoisotopic (exact) mass is 400 g/mol. The van der Waals surface area contributed by atoms with E-state index < -0.39 is 37.5 Å². The quantitative estimate of drug-likeness (QED) is 0.640. The van der Waals surface area contributed by atoms with Gasteiger partial charge in [-0.1, -0.05) is 0 Å². The summed E-state index contributed by atoms with van der Waals surface area (Å²) in [5, 5.41) is 2.26. The molecular weight excluding hydrogens is 382 g/mol. The number of halogens is 2. The number of esters is 1. The molecule has 9 nitrogen and oxygen atoms in total. The zero-order valence-electron chi connectivity index (χ0n) is 14.9. The van der Waals surface area contributed by atoms with Gasteiger partial charge in [-0.25, -0.2) is 0 Å². The summed E-state index contributed by atoms with van der Waals surface area (Å²) in [4.78, 5) is 47.9. The number of methoxy groups -OCH3 is 1. The zero-order chi connectivity index (χ0) is 20.7.